The summed E-state index contributed by atoms with van der Waals surface area (Å²) in [5.41, 5.74) is 2.46. The molecule has 3 rings (SSSR count). The number of aromatic nitrogens is 1. The molecule has 0 aliphatic heterocycles. The Labute approximate surface area is 227 Å². The third-order valence-electron chi connectivity index (χ3n) is 5.21. The highest BCUT2D eigenvalue weighted by atomic mass is 79.9. The molecule has 3 aromatic rings. The van der Waals surface area contributed by atoms with E-state index in [1.54, 1.807) is 83.4 Å². The van der Waals surface area contributed by atoms with E-state index in [1.165, 1.54) is 16.4 Å². The van der Waals surface area contributed by atoms with Crippen molar-refractivity contribution in [3.63, 3.8) is 0 Å². The zero-order chi connectivity index (χ0) is 27.2. The Morgan fingerprint density at radius 2 is 1.62 bits per heavy atom. The minimum atomic E-state index is -4.11. The molecule has 0 aliphatic carbocycles. The van der Waals surface area contributed by atoms with E-state index in [1.807, 2.05) is 12.1 Å². The molecule has 0 spiro atoms. The van der Waals surface area contributed by atoms with Gasteiger partial charge in [-0.25, -0.2) is 13.9 Å². The van der Waals surface area contributed by atoms with Gasteiger partial charge in [0.2, 0.25) is 10.0 Å². The van der Waals surface area contributed by atoms with E-state index in [0.29, 0.717) is 17.1 Å². The van der Waals surface area contributed by atoms with Crippen LogP contribution < -0.4 is 10.2 Å². The van der Waals surface area contributed by atoms with Gasteiger partial charge in [-0.1, -0.05) is 35.8 Å². The number of amides is 1. The number of pyridine rings is 1. The second-order valence-corrected chi connectivity index (χ2v) is 12.6. The number of carbonyl (C=O) groups excluding carboxylic acids is 1. The lowest BCUT2D eigenvalue weighted by molar-refractivity contribution is -0.151. The van der Waals surface area contributed by atoms with Crippen LogP contribution in [0.3, 0.4) is 0 Å². The Balaban J connectivity index is 1.94. The van der Waals surface area contributed by atoms with Crippen molar-refractivity contribution in [2.45, 2.75) is 57.7 Å². The van der Waals surface area contributed by atoms with Gasteiger partial charge < -0.3 is 4.74 Å². The Morgan fingerprint density at radius 1 is 1.03 bits per heavy atom. The number of hydroxylamine groups is 1. The van der Waals surface area contributed by atoms with E-state index in [4.69, 9.17) is 9.57 Å². The molecule has 1 heterocycles. The van der Waals surface area contributed by atoms with Crippen molar-refractivity contribution in [3.05, 3.63) is 83.1 Å². The molecule has 1 atom stereocenters. The molecule has 37 heavy (non-hydrogen) atoms. The fourth-order valence-electron chi connectivity index (χ4n) is 3.49. The summed E-state index contributed by atoms with van der Waals surface area (Å²) in [5, 5.41) is 0. The van der Waals surface area contributed by atoms with Crippen molar-refractivity contribution >= 4 is 31.9 Å². The van der Waals surface area contributed by atoms with Gasteiger partial charge in [-0.15, -0.1) is 0 Å². The van der Waals surface area contributed by atoms with Crippen molar-refractivity contribution < 1.29 is 22.8 Å². The molecule has 198 valence electrons. The zero-order valence-electron chi connectivity index (χ0n) is 21.5. The molecule has 0 saturated heterocycles. The summed E-state index contributed by atoms with van der Waals surface area (Å²) in [6.45, 7) is 8.92. The lowest BCUT2D eigenvalue weighted by Crippen LogP contribution is -2.52. The molecule has 0 saturated carbocycles. The minimum Gasteiger partial charge on any atom is -0.457 e. The van der Waals surface area contributed by atoms with Gasteiger partial charge in [-0.3, -0.25) is 14.6 Å². The number of rotatable bonds is 10. The second kappa shape index (κ2) is 12.2. The van der Waals surface area contributed by atoms with Crippen LogP contribution in [0.2, 0.25) is 0 Å². The van der Waals surface area contributed by atoms with Crippen molar-refractivity contribution in [2.24, 2.45) is 5.92 Å². The third-order valence-corrected chi connectivity index (χ3v) is 7.58. The number of benzene rings is 2. The van der Waals surface area contributed by atoms with Crippen LogP contribution in [-0.2, 0) is 26.2 Å². The molecule has 2 aromatic carbocycles. The van der Waals surface area contributed by atoms with Crippen LogP contribution in [0.15, 0.2) is 82.4 Å². The van der Waals surface area contributed by atoms with Gasteiger partial charge in [-0.2, -0.15) is 4.31 Å². The number of halogens is 1. The number of hydrogen-bond acceptors (Lipinski definition) is 6. The first-order valence-electron chi connectivity index (χ1n) is 11.8. The van der Waals surface area contributed by atoms with E-state index in [9.17, 15) is 13.2 Å². The van der Waals surface area contributed by atoms with Crippen LogP contribution in [0.25, 0.3) is 0 Å². The number of sulfonamides is 1. The van der Waals surface area contributed by atoms with E-state index in [2.05, 4.69) is 26.4 Å². The molecule has 1 unspecified atom stereocenters. The summed E-state index contributed by atoms with van der Waals surface area (Å²) in [6.07, 6.45) is 3.19. The predicted molar refractivity (Wildman–Crippen MR) is 145 cm³/mol. The van der Waals surface area contributed by atoms with Gasteiger partial charge in [0.15, 0.2) is 0 Å². The van der Waals surface area contributed by atoms with Gasteiger partial charge in [0, 0.05) is 23.4 Å². The summed E-state index contributed by atoms with van der Waals surface area (Å²) in [6, 6.07) is 15.9. The van der Waals surface area contributed by atoms with Gasteiger partial charge in [0.25, 0.3) is 5.91 Å². The first-order chi connectivity index (χ1) is 17.4. The molecule has 1 amide bonds. The largest absolute Gasteiger partial charge is 0.457 e. The van der Waals surface area contributed by atoms with Gasteiger partial charge in [-0.05, 0) is 86.8 Å². The van der Waals surface area contributed by atoms with Crippen LogP contribution >= 0.6 is 15.9 Å². The third kappa shape index (κ3) is 8.10. The zero-order valence-corrected chi connectivity index (χ0v) is 23.9. The maximum Gasteiger partial charge on any atom is 0.262 e. The van der Waals surface area contributed by atoms with Gasteiger partial charge in [0.1, 0.15) is 17.5 Å². The van der Waals surface area contributed by atoms with E-state index < -0.39 is 27.6 Å². The number of hydrogen-bond donors (Lipinski definition) is 1. The Hall–Kier alpha value is -2.79. The van der Waals surface area contributed by atoms with Crippen LogP contribution in [0.5, 0.6) is 11.5 Å². The first kappa shape index (κ1) is 28.8. The molecule has 0 fully saturated rings. The molecule has 0 aliphatic rings. The fraction of sp³-hybridized carbons (Fsp3) is 0.333. The summed E-state index contributed by atoms with van der Waals surface area (Å²) < 4.78 is 35.8. The Kier molecular flexibility index (Phi) is 9.46. The highest BCUT2D eigenvalue weighted by molar-refractivity contribution is 9.10. The number of nitrogens with one attached hydrogen (secondary N) is 1. The van der Waals surface area contributed by atoms with Crippen molar-refractivity contribution in [1.82, 2.24) is 14.8 Å². The van der Waals surface area contributed by atoms with Crippen LogP contribution in [-0.4, -0.2) is 35.3 Å². The monoisotopic (exact) mass is 589 g/mol. The second-order valence-electron chi connectivity index (χ2n) is 9.81. The SMILES string of the molecule is CC(C)C(C(=O)NOC(C)(C)C)N(Cc1cccnc1)S(=O)(=O)c1ccc(Oc2ccc(Br)cc2)cc1. The van der Waals surface area contributed by atoms with Crippen LogP contribution in [0, 0.1) is 5.92 Å². The standard InChI is InChI=1S/C27H32BrN3O5S/c1-19(2)25(26(32)30-36-27(3,4)5)31(18-20-7-6-16-29-17-20)37(33,34)24-14-12-23(13-15-24)35-22-10-8-21(28)9-11-22/h6-17,19,25H,18H2,1-5H3,(H,30,32). The molecule has 8 nitrogen and oxygen atoms in total. The lowest BCUT2D eigenvalue weighted by atomic mass is 10.0. The summed E-state index contributed by atoms with van der Waals surface area (Å²) in [4.78, 5) is 22.8. The average molecular weight is 591 g/mol. The van der Waals surface area contributed by atoms with E-state index in [0.717, 1.165) is 4.47 Å². The molecule has 1 N–H and O–H groups in total. The predicted octanol–water partition coefficient (Wildman–Crippen LogP) is 5.70. The molecule has 1 aromatic heterocycles. The van der Waals surface area contributed by atoms with Crippen molar-refractivity contribution in [1.29, 1.82) is 0 Å². The van der Waals surface area contributed by atoms with E-state index >= 15 is 0 Å². The Bertz CT molecular complexity index is 1280. The van der Waals surface area contributed by atoms with Crippen molar-refractivity contribution in [3.8, 4) is 11.5 Å². The molecule has 10 heteroatoms. The average Bonchev–Trinajstić information content (AvgIpc) is 2.84. The lowest BCUT2D eigenvalue weighted by Gasteiger charge is -2.33. The van der Waals surface area contributed by atoms with E-state index in [-0.39, 0.29) is 17.4 Å². The van der Waals surface area contributed by atoms with Gasteiger partial charge >= 0.3 is 0 Å². The molecule has 0 radical (unpaired) electrons. The minimum absolute atomic E-state index is 0.0368. The topological polar surface area (TPSA) is 97.8 Å². The number of nitrogens with zero attached hydrogens (tertiary/aromatic N) is 2. The quantitative estimate of drug-likeness (QED) is 0.305. The number of ether oxygens (including phenoxy) is 1. The summed E-state index contributed by atoms with van der Waals surface area (Å²) in [7, 11) is -4.11. The van der Waals surface area contributed by atoms with Crippen LogP contribution in [0.4, 0.5) is 0 Å². The highest BCUT2D eigenvalue weighted by Gasteiger charge is 2.38. The molecular weight excluding hydrogens is 558 g/mol. The maximum absolute atomic E-state index is 13.9. The summed E-state index contributed by atoms with van der Waals surface area (Å²) >= 11 is 3.38. The summed E-state index contributed by atoms with van der Waals surface area (Å²) in [5.74, 6) is 0.201. The Morgan fingerprint density at radius 3 is 2.14 bits per heavy atom. The molecule has 0 bridgehead atoms. The normalized spacial score (nSPS) is 13.0. The van der Waals surface area contributed by atoms with Gasteiger partial charge in [0.05, 0.1) is 10.5 Å². The van der Waals surface area contributed by atoms with Crippen LogP contribution in [0.1, 0.15) is 40.2 Å². The smallest absolute Gasteiger partial charge is 0.262 e. The maximum atomic E-state index is 13.9. The highest BCUT2D eigenvalue weighted by Crippen LogP contribution is 2.28. The fourth-order valence-corrected chi connectivity index (χ4v) is 5.46. The first-order valence-corrected chi connectivity index (χ1v) is 14.0. The molecular formula is C27H32BrN3O5S. The number of carbonyl (C=O) groups is 1. The van der Waals surface area contributed by atoms with Crippen molar-refractivity contribution in [2.75, 3.05) is 0 Å².